The fraction of sp³-hybridized carbons (Fsp3) is 0.615. The van der Waals surface area contributed by atoms with Crippen LogP contribution in [-0.2, 0) is 16.1 Å². The lowest BCUT2D eigenvalue weighted by atomic mass is 10.3. The summed E-state index contributed by atoms with van der Waals surface area (Å²) in [4.78, 5) is 31.9. The molecule has 1 atom stereocenters. The lowest BCUT2D eigenvalue weighted by Crippen LogP contribution is -2.38. The van der Waals surface area contributed by atoms with Crippen molar-refractivity contribution < 1.29 is 18.7 Å². The van der Waals surface area contributed by atoms with Gasteiger partial charge in [0.25, 0.3) is 5.56 Å². The summed E-state index contributed by atoms with van der Waals surface area (Å²) in [5.41, 5.74) is 0.288. The second-order valence-corrected chi connectivity index (χ2v) is 4.89. The minimum Gasteiger partial charge on any atom is -0.447 e. The minimum atomic E-state index is -0.707. The monoisotopic (exact) mass is 314 g/mol. The molecule has 1 saturated heterocycles. The van der Waals surface area contributed by atoms with Crippen molar-refractivity contribution in [2.45, 2.75) is 19.1 Å². The Morgan fingerprint density at radius 3 is 3.18 bits per heavy atom. The van der Waals surface area contributed by atoms with Crippen LogP contribution in [0.2, 0.25) is 0 Å². The van der Waals surface area contributed by atoms with Crippen LogP contribution in [0.4, 0.5) is 15.1 Å². The maximum atomic E-state index is 11.9. The summed E-state index contributed by atoms with van der Waals surface area (Å²) in [6.07, 6.45) is 0.0437. The maximum absolute atomic E-state index is 11.9. The van der Waals surface area contributed by atoms with Gasteiger partial charge in [-0.25, -0.2) is 14.2 Å². The SMILES string of the molecule is COCc1cc(=O)[nH]c(N2CCC(NC(=O)OCCF)C2)n1. The van der Waals surface area contributed by atoms with Gasteiger partial charge < -0.3 is 19.7 Å². The molecular weight excluding hydrogens is 295 g/mol. The first kappa shape index (κ1) is 16.2. The molecule has 8 nitrogen and oxygen atoms in total. The van der Waals surface area contributed by atoms with Crippen LogP contribution in [-0.4, -0.2) is 55.6 Å². The number of nitrogens with one attached hydrogen (secondary N) is 2. The van der Waals surface area contributed by atoms with E-state index in [4.69, 9.17) is 4.74 Å². The number of ether oxygens (including phenoxy) is 2. The summed E-state index contributed by atoms with van der Waals surface area (Å²) in [6, 6.07) is 1.25. The molecule has 1 aliphatic rings. The van der Waals surface area contributed by atoms with Crippen LogP contribution in [0.1, 0.15) is 12.1 Å². The number of anilines is 1. The summed E-state index contributed by atoms with van der Waals surface area (Å²) < 4.78 is 21.5. The number of halogens is 1. The number of alkyl carbamates (subject to hydrolysis) is 1. The molecule has 0 spiro atoms. The summed E-state index contributed by atoms with van der Waals surface area (Å²) >= 11 is 0. The van der Waals surface area contributed by atoms with E-state index in [9.17, 15) is 14.0 Å². The van der Waals surface area contributed by atoms with Crippen molar-refractivity contribution >= 4 is 12.0 Å². The third-order valence-corrected chi connectivity index (χ3v) is 3.19. The van der Waals surface area contributed by atoms with E-state index >= 15 is 0 Å². The van der Waals surface area contributed by atoms with E-state index in [0.29, 0.717) is 31.2 Å². The molecule has 22 heavy (non-hydrogen) atoms. The summed E-state index contributed by atoms with van der Waals surface area (Å²) in [5, 5.41) is 2.65. The minimum absolute atomic E-state index is 0.136. The first-order valence-electron chi connectivity index (χ1n) is 6.95. The van der Waals surface area contributed by atoms with E-state index < -0.39 is 12.8 Å². The quantitative estimate of drug-likeness (QED) is 0.778. The van der Waals surface area contributed by atoms with Crippen LogP contribution in [0, 0.1) is 0 Å². The molecule has 9 heteroatoms. The lowest BCUT2D eigenvalue weighted by Gasteiger charge is -2.17. The Kier molecular flexibility index (Phi) is 5.70. The highest BCUT2D eigenvalue weighted by molar-refractivity contribution is 5.67. The average Bonchev–Trinajstić information content (AvgIpc) is 2.93. The van der Waals surface area contributed by atoms with Gasteiger partial charge >= 0.3 is 6.09 Å². The molecule has 122 valence electrons. The number of hydrogen-bond acceptors (Lipinski definition) is 6. The number of amides is 1. The predicted octanol–water partition coefficient (Wildman–Crippen LogP) is 0.191. The van der Waals surface area contributed by atoms with Crippen molar-refractivity contribution in [3.05, 3.63) is 22.1 Å². The second kappa shape index (κ2) is 7.74. The Morgan fingerprint density at radius 1 is 1.64 bits per heavy atom. The van der Waals surface area contributed by atoms with Gasteiger partial charge in [-0.15, -0.1) is 0 Å². The first-order chi connectivity index (χ1) is 10.6. The Balaban J connectivity index is 1.95. The first-order valence-corrected chi connectivity index (χ1v) is 6.95. The predicted molar refractivity (Wildman–Crippen MR) is 76.6 cm³/mol. The summed E-state index contributed by atoms with van der Waals surface area (Å²) in [5.74, 6) is 0.445. The van der Waals surface area contributed by atoms with Gasteiger partial charge in [0.05, 0.1) is 18.3 Å². The standard InChI is InChI=1S/C13H19FN4O4/c1-21-8-10-6-11(19)17-12(15-10)18-4-2-9(7-18)16-13(20)22-5-3-14/h6,9H,2-5,7-8H2,1H3,(H,16,20)(H,15,17,19). The molecule has 0 bridgehead atoms. The van der Waals surface area contributed by atoms with Crippen LogP contribution < -0.4 is 15.8 Å². The van der Waals surface area contributed by atoms with Crippen LogP contribution in [0.15, 0.2) is 10.9 Å². The largest absolute Gasteiger partial charge is 0.447 e. The van der Waals surface area contributed by atoms with E-state index in [1.165, 1.54) is 13.2 Å². The average molecular weight is 314 g/mol. The fourth-order valence-corrected chi connectivity index (χ4v) is 2.28. The van der Waals surface area contributed by atoms with Crippen molar-refractivity contribution in [3.8, 4) is 0 Å². The van der Waals surface area contributed by atoms with E-state index in [1.807, 2.05) is 4.90 Å². The van der Waals surface area contributed by atoms with Crippen LogP contribution in [0.3, 0.4) is 0 Å². The molecule has 0 aromatic carbocycles. The molecule has 1 fully saturated rings. The molecular formula is C13H19FN4O4. The van der Waals surface area contributed by atoms with E-state index in [0.717, 1.165) is 0 Å². The fourth-order valence-electron chi connectivity index (χ4n) is 2.28. The van der Waals surface area contributed by atoms with Gasteiger partial charge in [0.1, 0.15) is 13.3 Å². The maximum Gasteiger partial charge on any atom is 0.407 e. The number of alkyl halides is 1. The number of methoxy groups -OCH3 is 1. The summed E-state index contributed by atoms with van der Waals surface area (Å²) in [6.45, 7) is 0.414. The van der Waals surface area contributed by atoms with Crippen molar-refractivity contribution in [1.29, 1.82) is 0 Å². The number of aromatic amines is 1. The van der Waals surface area contributed by atoms with Crippen molar-refractivity contribution in [2.24, 2.45) is 0 Å². The molecule has 0 radical (unpaired) electrons. The Morgan fingerprint density at radius 2 is 2.45 bits per heavy atom. The zero-order valence-electron chi connectivity index (χ0n) is 12.3. The van der Waals surface area contributed by atoms with Crippen molar-refractivity contribution in [1.82, 2.24) is 15.3 Å². The van der Waals surface area contributed by atoms with Crippen LogP contribution in [0.25, 0.3) is 0 Å². The number of H-pyrrole nitrogens is 1. The molecule has 2 heterocycles. The molecule has 0 saturated carbocycles. The van der Waals surface area contributed by atoms with Gasteiger partial charge in [0, 0.05) is 26.3 Å². The highest BCUT2D eigenvalue weighted by atomic mass is 19.1. The third kappa shape index (κ3) is 4.42. The van der Waals surface area contributed by atoms with Crippen LogP contribution in [0.5, 0.6) is 0 Å². The molecule has 1 unspecified atom stereocenters. The topological polar surface area (TPSA) is 96.6 Å². The highest BCUT2D eigenvalue weighted by Crippen LogP contribution is 2.15. The molecule has 1 aromatic heterocycles. The third-order valence-electron chi connectivity index (χ3n) is 3.19. The Hall–Kier alpha value is -2.16. The van der Waals surface area contributed by atoms with E-state index in [2.05, 4.69) is 20.0 Å². The van der Waals surface area contributed by atoms with E-state index in [-0.39, 0.29) is 24.8 Å². The number of carbonyl (C=O) groups is 1. The van der Waals surface area contributed by atoms with Crippen molar-refractivity contribution in [2.75, 3.05) is 38.4 Å². The van der Waals surface area contributed by atoms with Gasteiger partial charge in [-0.2, -0.15) is 0 Å². The molecule has 2 N–H and O–H groups in total. The number of carbonyl (C=O) groups excluding carboxylic acids is 1. The number of hydrogen-bond donors (Lipinski definition) is 2. The molecule has 2 rings (SSSR count). The van der Waals surface area contributed by atoms with Gasteiger partial charge in [0.15, 0.2) is 0 Å². The Bertz CT molecular complexity index is 565. The zero-order valence-corrected chi connectivity index (χ0v) is 12.3. The second-order valence-electron chi connectivity index (χ2n) is 4.89. The van der Waals surface area contributed by atoms with Gasteiger partial charge in [0.2, 0.25) is 5.95 Å². The summed E-state index contributed by atoms with van der Waals surface area (Å²) in [7, 11) is 1.53. The lowest BCUT2D eigenvalue weighted by molar-refractivity contribution is 0.134. The van der Waals surface area contributed by atoms with Crippen molar-refractivity contribution in [3.63, 3.8) is 0 Å². The number of nitrogens with zero attached hydrogens (tertiary/aromatic N) is 2. The molecule has 0 aliphatic carbocycles. The van der Waals surface area contributed by atoms with E-state index in [1.54, 1.807) is 0 Å². The molecule has 1 aliphatic heterocycles. The molecule has 1 aromatic rings. The van der Waals surface area contributed by atoms with Gasteiger partial charge in [-0.05, 0) is 6.42 Å². The zero-order chi connectivity index (χ0) is 15.9. The highest BCUT2D eigenvalue weighted by Gasteiger charge is 2.26. The smallest absolute Gasteiger partial charge is 0.407 e. The normalized spacial score (nSPS) is 17.5. The number of rotatable bonds is 6. The number of aromatic nitrogens is 2. The Labute approximate surface area is 126 Å². The molecule has 1 amide bonds. The van der Waals surface area contributed by atoms with Gasteiger partial charge in [-0.3, -0.25) is 9.78 Å². The van der Waals surface area contributed by atoms with Gasteiger partial charge in [-0.1, -0.05) is 0 Å². The van der Waals surface area contributed by atoms with Crippen LogP contribution >= 0.6 is 0 Å².